The van der Waals surface area contributed by atoms with Crippen molar-refractivity contribution < 1.29 is 0 Å². The Bertz CT molecular complexity index is 339. The Morgan fingerprint density at radius 3 is 3.00 bits per heavy atom. The van der Waals surface area contributed by atoms with E-state index >= 15 is 0 Å². The van der Waals surface area contributed by atoms with Crippen LogP contribution in [0.1, 0.15) is 31.4 Å². The van der Waals surface area contributed by atoms with Crippen LogP contribution in [0.25, 0.3) is 0 Å². The molecule has 100 valence electrons. The predicted octanol–water partition coefficient (Wildman–Crippen LogP) is 2.29. The molecule has 0 aliphatic heterocycles. The van der Waals surface area contributed by atoms with Gasteiger partial charge in [0.25, 0.3) is 0 Å². The van der Waals surface area contributed by atoms with E-state index in [1.807, 2.05) is 12.3 Å². The molecule has 0 saturated heterocycles. The summed E-state index contributed by atoms with van der Waals surface area (Å²) in [6.45, 7) is 2.12. The number of nitrogens with zero attached hydrogens (tertiary/aromatic N) is 2. The highest BCUT2D eigenvalue weighted by molar-refractivity contribution is 5.03. The van der Waals surface area contributed by atoms with Crippen LogP contribution in [-0.4, -0.2) is 36.6 Å². The Hall–Kier alpha value is -0.930. The second kappa shape index (κ2) is 6.86. The van der Waals surface area contributed by atoms with Gasteiger partial charge in [0.05, 0.1) is 5.69 Å². The van der Waals surface area contributed by atoms with Gasteiger partial charge in [-0.3, -0.25) is 4.98 Å². The maximum absolute atomic E-state index is 4.38. The van der Waals surface area contributed by atoms with Crippen LogP contribution in [0.5, 0.6) is 0 Å². The van der Waals surface area contributed by atoms with E-state index in [0.717, 1.165) is 24.2 Å². The molecule has 1 saturated carbocycles. The first kappa shape index (κ1) is 13.5. The minimum absolute atomic E-state index is 0.744. The van der Waals surface area contributed by atoms with E-state index in [1.165, 1.54) is 32.2 Å². The second-order valence-electron chi connectivity index (χ2n) is 5.43. The molecule has 1 aromatic heterocycles. The van der Waals surface area contributed by atoms with Crippen LogP contribution in [0.15, 0.2) is 24.4 Å². The van der Waals surface area contributed by atoms with Gasteiger partial charge in [-0.15, -0.1) is 0 Å². The van der Waals surface area contributed by atoms with Gasteiger partial charge in [0.2, 0.25) is 0 Å². The lowest BCUT2D eigenvalue weighted by atomic mass is 9.99. The Morgan fingerprint density at radius 1 is 1.39 bits per heavy atom. The summed E-state index contributed by atoms with van der Waals surface area (Å²) < 4.78 is 0. The molecule has 18 heavy (non-hydrogen) atoms. The van der Waals surface area contributed by atoms with Gasteiger partial charge in [0.1, 0.15) is 0 Å². The zero-order chi connectivity index (χ0) is 12.8. The molecule has 1 heterocycles. The summed E-state index contributed by atoms with van der Waals surface area (Å²) in [7, 11) is 4.29. The summed E-state index contributed by atoms with van der Waals surface area (Å²) in [5.41, 5.74) is 1.16. The fourth-order valence-corrected chi connectivity index (χ4v) is 3.00. The summed E-state index contributed by atoms with van der Waals surface area (Å²) in [4.78, 5) is 6.76. The maximum Gasteiger partial charge on any atom is 0.0543 e. The Labute approximate surface area is 111 Å². The van der Waals surface area contributed by atoms with E-state index in [-0.39, 0.29) is 0 Å². The van der Waals surface area contributed by atoms with Crippen molar-refractivity contribution in [2.45, 2.75) is 38.3 Å². The lowest BCUT2D eigenvalue weighted by molar-refractivity contribution is 0.276. The summed E-state index contributed by atoms with van der Waals surface area (Å²) in [6.07, 6.45) is 7.31. The van der Waals surface area contributed by atoms with Gasteiger partial charge >= 0.3 is 0 Å². The molecule has 0 aromatic carbocycles. The minimum Gasteiger partial charge on any atom is -0.317 e. The molecular formula is C15H25N3. The van der Waals surface area contributed by atoms with Crippen molar-refractivity contribution in [2.24, 2.45) is 5.92 Å². The van der Waals surface area contributed by atoms with Gasteiger partial charge in [0, 0.05) is 18.8 Å². The fraction of sp³-hybridized carbons (Fsp3) is 0.667. The fourth-order valence-electron chi connectivity index (χ4n) is 3.00. The SMILES string of the molecule is CNC1CCCC1CCN(C)Cc1ccccn1. The molecule has 0 amide bonds. The average Bonchev–Trinajstić information content (AvgIpc) is 2.85. The van der Waals surface area contributed by atoms with E-state index in [2.05, 4.69) is 41.4 Å². The molecule has 1 aromatic rings. The molecule has 2 unspecified atom stereocenters. The summed E-state index contributed by atoms with van der Waals surface area (Å²) in [6, 6.07) is 6.87. The van der Waals surface area contributed by atoms with Gasteiger partial charge in [-0.25, -0.2) is 0 Å². The molecule has 0 radical (unpaired) electrons. The van der Waals surface area contributed by atoms with Crippen LogP contribution in [0.4, 0.5) is 0 Å². The van der Waals surface area contributed by atoms with Crippen LogP contribution in [-0.2, 0) is 6.54 Å². The quantitative estimate of drug-likeness (QED) is 0.836. The molecule has 2 rings (SSSR count). The first-order valence-electron chi connectivity index (χ1n) is 7.05. The van der Waals surface area contributed by atoms with E-state index in [9.17, 15) is 0 Å². The van der Waals surface area contributed by atoms with E-state index in [1.54, 1.807) is 0 Å². The molecule has 1 aliphatic rings. The van der Waals surface area contributed by atoms with Gasteiger partial charge in [0.15, 0.2) is 0 Å². The van der Waals surface area contributed by atoms with Gasteiger partial charge in [-0.2, -0.15) is 0 Å². The highest BCUT2D eigenvalue weighted by Gasteiger charge is 2.25. The summed E-state index contributed by atoms with van der Waals surface area (Å²) >= 11 is 0. The highest BCUT2D eigenvalue weighted by Crippen LogP contribution is 2.28. The zero-order valence-electron chi connectivity index (χ0n) is 11.6. The number of pyridine rings is 1. The molecule has 3 nitrogen and oxygen atoms in total. The number of aromatic nitrogens is 1. The monoisotopic (exact) mass is 247 g/mol. The van der Waals surface area contributed by atoms with Crippen LogP contribution >= 0.6 is 0 Å². The molecule has 3 heteroatoms. The van der Waals surface area contributed by atoms with Crippen molar-refractivity contribution in [3.63, 3.8) is 0 Å². The standard InChI is InChI=1S/C15H25N3/c1-16-15-8-5-6-13(15)9-11-18(2)12-14-7-3-4-10-17-14/h3-4,7,10,13,15-16H,5-6,8-9,11-12H2,1-2H3. The maximum atomic E-state index is 4.38. The average molecular weight is 247 g/mol. The van der Waals surface area contributed by atoms with E-state index in [0.29, 0.717) is 0 Å². The lowest BCUT2D eigenvalue weighted by Crippen LogP contribution is -2.31. The third-order valence-electron chi connectivity index (χ3n) is 4.07. The normalized spacial score (nSPS) is 23.7. The number of nitrogens with one attached hydrogen (secondary N) is 1. The van der Waals surface area contributed by atoms with E-state index in [4.69, 9.17) is 0 Å². The van der Waals surface area contributed by atoms with Crippen LogP contribution in [0.3, 0.4) is 0 Å². The largest absolute Gasteiger partial charge is 0.317 e. The second-order valence-corrected chi connectivity index (χ2v) is 5.43. The molecule has 1 N–H and O–H groups in total. The van der Waals surface area contributed by atoms with Crippen LogP contribution in [0, 0.1) is 5.92 Å². The molecular weight excluding hydrogens is 222 g/mol. The highest BCUT2D eigenvalue weighted by atomic mass is 15.1. The van der Waals surface area contributed by atoms with Crippen molar-refractivity contribution in [1.82, 2.24) is 15.2 Å². The third-order valence-corrected chi connectivity index (χ3v) is 4.07. The van der Waals surface area contributed by atoms with Crippen LogP contribution in [0.2, 0.25) is 0 Å². The Balaban J connectivity index is 1.73. The lowest BCUT2D eigenvalue weighted by Gasteiger charge is -2.22. The molecule has 0 bridgehead atoms. The van der Waals surface area contributed by atoms with Gasteiger partial charge in [-0.05, 0) is 58.0 Å². The van der Waals surface area contributed by atoms with Crippen molar-refractivity contribution in [3.8, 4) is 0 Å². The zero-order valence-corrected chi connectivity index (χ0v) is 11.6. The minimum atomic E-state index is 0.744. The number of rotatable bonds is 6. The Morgan fingerprint density at radius 2 is 2.28 bits per heavy atom. The smallest absolute Gasteiger partial charge is 0.0543 e. The topological polar surface area (TPSA) is 28.2 Å². The van der Waals surface area contributed by atoms with Crippen molar-refractivity contribution in [1.29, 1.82) is 0 Å². The third kappa shape index (κ3) is 3.79. The summed E-state index contributed by atoms with van der Waals surface area (Å²) in [5, 5.41) is 3.46. The molecule has 1 aliphatic carbocycles. The Kier molecular flexibility index (Phi) is 5.14. The first-order chi connectivity index (χ1) is 8.79. The molecule has 0 spiro atoms. The first-order valence-corrected chi connectivity index (χ1v) is 7.05. The predicted molar refractivity (Wildman–Crippen MR) is 75.4 cm³/mol. The van der Waals surface area contributed by atoms with Gasteiger partial charge in [-0.1, -0.05) is 12.5 Å². The van der Waals surface area contributed by atoms with E-state index < -0.39 is 0 Å². The molecule has 2 atom stereocenters. The van der Waals surface area contributed by atoms with Crippen LogP contribution < -0.4 is 5.32 Å². The number of hydrogen-bond acceptors (Lipinski definition) is 3. The van der Waals surface area contributed by atoms with Crippen molar-refractivity contribution >= 4 is 0 Å². The molecule has 1 fully saturated rings. The van der Waals surface area contributed by atoms with Crippen molar-refractivity contribution in [3.05, 3.63) is 30.1 Å². The summed E-state index contributed by atoms with van der Waals surface area (Å²) in [5.74, 6) is 0.862. The van der Waals surface area contributed by atoms with Gasteiger partial charge < -0.3 is 10.2 Å². The number of hydrogen-bond donors (Lipinski definition) is 1. The van der Waals surface area contributed by atoms with Crippen molar-refractivity contribution in [2.75, 3.05) is 20.6 Å².